The molecule has 118 valence electrons. The second kappa shape index (κ2) is 8.95. The van der Waals surface area contributed by atoms with E-state index < -0.39 is 0 Å². The van der Waals surface area contributed by atoms with E-state index in [2.05, 4.69) is 59.4 Å². The Bertz CT molecular complexity index is 391. The van der Waals surface area contributed by atoms with E-state index >= 15 is 0 Å². The van der Waals surface area contributed by atoms with Crippen molar-refractivity contribution in [1.29, 1.82) is 0 Å². The largest absolute Gasteiger partial charge is 0.316 e. The van der Waals surface area contributed by atoms with Crippen LogP contribution >= 0.6 is 15.9 Å². The normalized spacial score (nSPS) is 18.7. The van der Waals surface area contributed by atoms with Crippen LogP contribution in [-0.4, -0.2) is 13.1 Å². The monoisotopic (exact) mass is 351 g/mol. The minimum atomic E-state index is 0.676. The molecular weight excluding hydrogens is 322 g/mol. The Morgan fingerprint density at radius 1 is 1.00 bits per heavy atom. The predicted molar refractivity (Wildman–Crippen MR) is 95.8 cm³/mol. The Hall–Kier alpha value is -0.340. The molecule has 1 saturated carbocycles. The first-order valence-corrected chi connectivity index (χ1v) is 9.42. The highest BCUT2D eigenvalue weighted by Crippen LogP contribution is 2.35. The van der Waals surface area contributed by atoms with Gasteiger partial charge in [-0.05, 0) is 54.8 Å². The molecule has 21 heavy (non-hydrogen) atoms. The van der Waals surface area contributed by atoms with Gasteiger partial charge < -0.3 is 5.32 Å². The lowest BCUT2D eigenvalue weighted by Gasteiger charge is -2.27. The summed E-state index contributed by atoms with van der Waals surface area (Å²) in [5.41, 5.74) is 1.52. The van der Waals surface area contributed by atoms with Crippen LogP contribution in [-0.2, 0) is 0 Å². The van der Waals surface area contributed by atoms with Crippen LogP contribution < -0.4 is 5.32 Å². The molecule has 0 heterocycles. The van der Waals surface area contributed by atoms with E-state index in [0.717, 1.165) is 24.9 Å². The summed E-state index contributed by atoms with van der Waals surface area (Å²) in [5.74, 6) is 2.26. The lowest BCUT2D eigenvalue weighted by molar-refractivity contribution is 0.355. The standard InChI is InChI=1S/C19H30BrN/c1-15(2)13-21-14-19(16-7-5-3-4-6-8-16)17-9-11-18(20)12-10-17/h9-12,15-16,19,21H,3-8,13-14H2,1-2H3. The summed E-state index contributed by atoms with van der Waals surface area (Å²) in [6.45, 7) is 6.82. The van der Waals surface area contributed by atoms with E-state index in [4.69, 9.17) is 0 Å². The molecule has 1 unspecified atom stereocenters. The molecule has 0 bridgehead atoms. The number of rotatable bonds is 6. The Morgan fingerprint density at radius 2 is 1.62 bits per heavy atom. The van der Waals surface area contributed by atoms with Gasteiger partial charge in [-0.2, -0.15) is 0 Å². The number of benzene rings is 1. The molecule has 0 spiro atoms. The molecule has 1 aliphatic carbocycles. The third-order valence-electron chi connectivity index (χ3n) is 4.68. The average molecular weight is 352 g/mol. The average Bonchev–Trinajstić information content (AvgIpc) is 2.73. The van der Waals surface area contributed by atoms with Gasteiger partial charge in [0.15, 0.2) is 0 Å². The van der Waals surface area contributed by atoms with Crippen molar-refractivity contribution in [1.82, 2.24) is 5.32 Å². The maximum Gasteiger partial charge on any atom is 0.0175 e. The van der Waals surface area contributed by atoms with Gasteiger partial charge in [-0.3, -0.25) is 0 Å². The third kappa shape index (κ3) is 5.75. The molecule has 1 aromatic rings. The van der Waals surface area contributed by atoms with Gasteiger partial charge in [0.05, 0.1) is 0 Å². The summed E-state index contributed by atoms with van der Waals surface area (Å²) < 4.78 is 1.18. The maximum atomic E-state index is 3.70. The van der Waals surface area contributed by atoms with E-state index in [1.165, 1.54) is 48.6 Å². The molecule has 0 radical (unpaired) electrons. The fourth-order valence-electron chi connectivity index (χ4n) is 3.51. The van der Waals surface area contributed by atoms with Gasteiger partial charge in [-0.25, -0.2) is 0 Å². The van der Waals surface area contributed by atoms with Crippen molar-refractivity contribution in [2.45, 2.75) is 58.3 Å². The summed E-state index contributed by atoms with van der Waals surface area (Å²) in [4.78, 5) is 0. The van der Waals surface area contributed by atoms with Crippen molar-refractivity contribution in [2.24, 2.45) is 11.8 Å². The number of hydrogen-bond donors (Lipinski definition) is 1. The highest BCUT2D eigenvalue weighted by molar-refractivity contribution is 9.10. The molecule has 1 N–H and O–H groups in total. The van der Waals surface area contributed by atoms with Crippen molar-refractivity contribution in [3.05, 3.63) is 34.3 Å². The Kier molecular flexibility index (Phi) is 7.25. The summed E-state index contributed by atoms with van der Waals surface area (Å²) >= 11 is 3.56. The minimum absolute atomic E-state index is 0.676. The van der Waals surface area contributed by atoms with E-state index in [0.29, 0.717) is 5.92 Å². The summed E-state index contributed by atoms with van der Waals surface area (Å²) in [5, 5.41) is 3.70. The highest BCUT2D eigenvalue weighted by Gasteiger charge is 2.24. The predicted octanol–water partition coefficient (Wildman–Crippen LogP) is 5.75. The molecule has 1 aliphatic rings. The van der Waals surface area contributed by atoms with Crippen LogP contribution in [0, 0.1) is 11.8 Å². The van der Waals surface area contributed by atoms with E-state index in [-0.39, 0.29) is 0 Å². The first kappa shape index (κ1) is 17.0. The zero-order chi connectivity index (χ0) is 15.1. The SMILES string of the molecule is CC(C)CNCC(c1ccc(Br)cc1)C1CCCCCC1. The third-order valence-corrected chi connectivity index (χ3v) is 5.21. The van der Waals surface area contributed by atoms with Crippen LogP contribution in [0.3, 0.4) is 0 Å². The van der Waals surface area contributed by atoms with Gasteiger partial charge in [0.25, 0.3) is 0 Å². The van der Waals surface area contributed by atoms with Crippen LogP contribution in [0.1, 0.15) is 63.9 Å². The van der Waals surface area contributed by atoms with Gasteiger partial charge in [-0.1, -0.05) is 67.6 Å². The quantitative estimate of drug-likeness (QED) is 0.643. The molecule has 0 saturated heterocycles. The van der Waals surface area contributed by atoms with E-state index in [9.17, 15) is 0 Å². The zero-order valence-corrected chi connectivity index (χ0v) is 15.2. The number of hydrogen-bond acceptors (Lipinski definition) is 1. The van der Waals surface area contributed by atoms with Crippen molar-refractivity contribution in [3.8, 4) is 0 Å². The summed E-state index contributed by atoms with van der Waals surface area (Å²) in [6.07, 6.45) is 8.52. The minimum Gasteiger partial charge on any atom is -0.316 e. The second-order valence-electron chi connectivity index (χ2n) is 6.96. The number of nitrogens with one attached hydrogen (secondary N) is 1. The van der Waals surface area contributed by atoms with Crippen LogP contribution in [0.5, 0.6) is 0 Å². The van der Waals surface area contributed by atoms with Crippen LogP contribution in [0.25, 0.3) is 0 Å². The summed E-state index contributed by atoms with van der Waals surface area (Å²) in [6, 6.07) is 9.02. The van der Waals surface area contributed by atoms with Crippen LogP contribution in [0.4, 0.5) is 0 Å². The van der Waals surface area contributed by atoms with E-state index in [1.807, 2.05) is 0 Å². The van der Waals surface area contributed by atoms with Crippen molar-refractivity contribution >= 4 is 15.9 Å². The van der Waals surface area contributed by atoms with Gasteiger partial charge >= 0.3 is 0 Å². The fourth-order valence-corrected chi connectivity index (χ4v) is 3.77. The van der Waals surface area contributed by atoms with Crippen molar-refractivity contribution in [2.75, 3.05) is 13.1 Å². The van der Waals surface area contributed by atoms with Gasteiger partial charge in [0.1, 0.15) is 0 Å². The Morgan fingerprint density at radius 3 is 2.19 bits per heavy atom. The highest BCUT2D eigenvalue weighted by atomic mass is 79.9. The molecule has 1 fully saturated rings. The van der Waals surface area contributed by atoms with Gasteiger partial charge in [0, 0.05) is 11.0 Å². The first-order chi connectivity index (χ1) is 10.2. The molecule has 0 amide bonds. The van der Waals surface area contributed by atoms with Crippen molar-refractivity contribution < 1.29 is 0 Å². The topological polar surface area (TPSA) is 12.0 Å². The Balaban J connectivity index is 2.06. The Labute approximate surface area is 139 Å². The first-order valence-electron chi connectivity index (χ1n) is 8.63. The fraction of sp³-hybridized carbons (Fsp3) is 0.684. The smallest absolute Gasteiger partial charge is 0.0175 e. The molecule has 1 aromatic carbocycles. The molecule has 2 rings (SSSR count). The molecule has 0 aliphatic heterocycles. The molecule has 1 atom stereocenters. The van der Waals surface area contributed by atoms with Gasteiger partial charge in [0.2, 0.25) is 0 Å². The molecule has 2 heteroatoms. The molecule has 0 aromatic heterocycles. The molecule has 1 nitrogen and oxygen atoms in total. The van der Waals surface area contributed by atoms with Crippen molar-refractivity contribution in [3.63, 3.8) is 0 Å². The molecular formula is C19H30BrN. The lowest BCUT2D eigenvalue weighted by atomic mass is 9.81. The van der Waals surface area contributed by atoms with Gasteiger partial charge in [-0.15, -0.1) is 0 Å². The second-order valence-corrected chi connectivity index (χ2v) is 7.88. The van der Waals surface area contributed by atoms with E-state index in [1.54, 1.807) is 0 Å². The lowest BCUT2D eigenvalue weighted by Crippen LogP contribution is -2.29. The maximum absolute atomic E-state index is 3.70. The summed E-state index contributed by atoms with van der Waals surface area (Å²) in [7, 11) is 0. The van der Waals surface area contributed by atoms with Crippen LogP contribution in [0.15, 0.2) is 28.7 Å². The zero-order valence-electron chi connectivity index (χ0n) is 13.6. The van der Waals surface area contributed by atoms with Crippen LogP contribution in [0.2, 0.25) is 0 Å². The number of halogens is 1.